The standard InChI is InChI=1S/C27H43N3O4.C21H40/c1-3-5-7-9-11-12-14-16-18-23(17-15-13-10-8-6-4-2)19-20-24-21-25(29(31)32)27(28)26(22-24)30(33)34;1-4-7-9-11-13-14-16-18-20-21(6-3)19-17-15-12-10-8-5-2/h21-23H,3-18,28H2,1-2H3;3,21H,4-5,7-20H2,1-2H3. The van der Waals surface area contributed by atoms with Crippen molar-refractivity contribution in [1.29, 1.82) is 0 Å². The lowest BCUT2D eigenvalue weighted by molar-refractivity contribution is -0.392. The van der Waals surface area contributed by atoms with E-state index < -0.39 is 26.9 Å². The molecule has 7 heteroatoms. The largest absolute Gasteiger partial charge is 0.387 e. The Morgan fingerprint density at radius 2 is 0.782 bits per heavy atom. The molecule has 0 fully saturated rings. The highest BCUT2D eigenvalue weighted by molar-refractivity contribution is 5.73. The van der Waals surface area contributed by atoms with Crippen molar-refractivity contribution in [3.05, 3.63) is 37.9 Å². The van der Waals surface area contributed by atoms with Gasteiger partial charge in [0, 0.05) is 29.5 Å². The lowest BCUT2D eigenvalue weighted by Crippen LogP contribution is -2.02. The molecule has 0 amide bonds. The molecule has 0 heterocycles. The van der Waals surface area contributed by atoms with Gasteiger partial charge in [0.25, 0.3) is 11.4 Å². The summed E-state index contributed by atoms with van der Waals surface area (Å²) < 4.78 is 0. The van der Waals surface area contributed by atoms with Gasteiger partial charge in [0.1, 0.15) is 0 Å². The van der Waals surface area contributed by atoms with E-state index in [9.17, 15) is 20.2 Å². The Morgan fingerprint density at radius 1 is 0.509 bits per heavy atom. The van der Waals surface area contributed by atoms with Gasteiger partial charge in [-0.3, -0.25) is 20.2 Å². The number of nitro groups is 2. The second kappa shape index (κ2) is 37.8. The number of nitro benzene ring substituents is 2. The highest BCUT2D eigenvalue weighted by Gasteiger charge is 2.24. The number of nitrogen functional groups attached to an aromatic ring is 1. The van der Waals surface area contributed by atoms with E-state index in [4.69, 9.17) is 12.2 Å². The molecular formula is C48H83N3O4. The van der Waals surface area contributed by atoms with Crippen LogP contribution in [0.25, 0.3) is 0 Å². The third-order valence-electron chi connectivity index (χ3n) is 10.8. The van der Waals surface area contributed by atoms with Crippen molar-refractivity contribution < 1.29 is 9.85 Å². The van der Waals surface area contributed by atoms with Gasteiger partial charge in [0.05, 0.1) is 9.85 Å². The molecule has 0 saturated carbocycles. The molecule has 314 valence electrons. The molecule has 1 aromatic carbocycles. The van der Waals surface area contributed by atoms with Crippen molar-refractivity contribution in [2.75, 3.05) is 5.73 Å². The Hall–Kier alpha value is -3.06. The predicted octanol–water partition coefficient (Wildman–Crippen LogP) is 15.9. The van der Waals surface area contributed by atoms with Crippen LogP contribution in [0.1, 0.15) is 239 Å². The maximum absolute atomic E-state index is 11.3. The van der Waals surface area contributed by atoms with Gasteiger partial charge in [-0.2, -0.15) is 0 Å². The van der Waals surface area contributed by atoms with Crippen molar-refractivity contribution in [3.8, 4) is 24.2 Å². The summed E-state index contributed by atoms with van der Waals surface area (Å²) in [7, 11) is 0. The second-order valence-corrected chi connectivity index (χ2v) is 15.9. The Morgan fingerprint density at radius 3 is 1.05 bits per heavy atom. The van der Waals surface area contributed by atoms with Gasteiger partial charge in [-0.25, -0.2) is 0 Å². The van der Waals surface area contributed by atoms with Crippen molar-refractivity contribution in [2.24, 2.45) is 11.8 Å². The lowest BCUT2D eigenvalue weighted by atomic mass is 9.94. The van der Waals surface area contributed by atoms with E-state index in [1.54, 1.807) is 0 Å². The van der Waals surface area contributed by atoms with Crippen LogP contribution >= 0.6 is 0 Å². The first-order valence-electron chi connectivity index (χ1n) is 22.9. The maximum atomic E-state index is 11.3. The quantitative estimate of drug-likeness (QED) is 0.0247. The van der Waals surface area contributed by atoms with Crippen molar-refractivity contribution >= 4 is 17.1 Å². The van der Waals surface area contributed by atoms with Crippen LogP contribution in [0.4, 0.5) is 17.1 Å². The van der Waals surface area contributed by atoms with Crippen LogP contribution in [0.3, 0.4) is 0 Å². The fourth-order valence-electron chi connectivity index (χ4n) is 7.17. The first-order valence-corrected chi connectivity index (χ1v) is 22.9. The first-order chi connectivity index (χ1) is 26.7. The molecule has 0 radical (unpaired) electrons. The molecule has 0 saturated heterocycles. The molecule has 0 aliphatic carbocycles. The van der Waals surface area contributed by atoms with E-state index in [0.29, 0.717) is 5.92 Å². The Bertz CT molecular complexity index is 1160. The summed E-state index contributed by atoms with van der Waals surface area (Å²) in [4.78, 5) is 21.2. The monoisotopic (exact) mass is 766 g/mol. The first kappa shape index (κ1) is 51.9. The fraction of sp³-hybridized carbons (Fsp3) is 0.792. The average molecular weight is 766 g/mol. The lowest BCUT2D eigenvalue weighted by Gasteiger charge is -2.11. The smallest absolute Gasteiger partial charge is 0.300 e. The summed E-state index contributed by atoms with van der Waals surface area (Å²) >= 11 is 0. The number of benzene rings is 1. The number of hydrogen-bond donors (Lipinski definition) is 1. The van der Waals surface area contributed by atoms with E-state index in [-0.39, 0.29) is 11.5 Å². The second-order valence-electron chi connectivity index (χ2n) is 15.9. The molecule has 0 aliphatic heterocycles. The molecule has 0 aliphatic rings. The van der Waals surface area contributed by atoms with Crippen LogP contribution in [-0.2, 0) is 0 Å². The summed E-state index contributed by atoms with van der Waals surface area (Å²) in [5, 5.41) is 22.6. The number of anilines is 1. The van der Waals surface area contributed by atoms with E-state index in [1.807, 2.05) is 0 Å². The zero-order chi connectivity index (χ0) is 40.8. The number of nitrogens with zero attached hydrogens (tertiary/aromatic N) is 2. The summed E-state index contributed by atoms with van der Waals surface area (Å²) in [6.45, 7) is 9.00. The van der Waals surface area contributed by atoms with Gasteiger partial charge in [0.2, 0.25) is 0 Å². The molecule has 0 bridgehead atoms. The predicted molar refractivity (Wildman–Crippen MR) is 237 cm³/mol. The number of rotatable bonds is 34. The Balaban J connectivity index is 0.00000119. The van der Waals surface area contributed by atoms with Crippen LogP contribution in [0.2, 0.25) is 0 Å². The van der Waals surface area contributed by atoms with Crippen LogP contribution in [0.15, 0.2) is 12.1 Å². The van der Waals surface area contributed by atoms with Crippen LogP contribution < -0.4 is 5.73 Å². The third-order valence-corrected chi connectivity index (χ3v) is 10.8. The normalized spacial score (nSPS) is 11.8. The molecule has 2 atom stereocenters. The van der Waals surface area contributed by atoms with Crippen LogP contribution in [-0.4, -0.2) is 9.85 Å². The van der Waals surface area contributed by atoms with Gasteiger partial charge in [0.15, 0.2) is 5.69 Å². The van der Waals surface area contributed by atoms with Crippen LogP contribution in [0.5, 0.6) is 0 Å². The van der Waals surface area contributed by atoms with E-state index in [0.717, 1.165) is 25.7 Å². The zero-order valence-electron chi connectivity index (χ0n) is 36.1. The molecule has 2 unspecified atom stereocenters. The number of terminal acetylenes is 1. The van der Waals surface area contributed by atoms with E-state index >= 15 is 0 Å². The van der Waals surface area contributed by atoms with Gasteiger partial charge in [-0.15, -0.1) is 12.3 Å². The molecule has 0 aromatic heterocycles. The topological polar surface area (TPSA) is 112 Å². The van der Waals surface area contributed by atoms with Crippen molar-refractivity contribution in [3.63, 3.8) is 0 Å². The highest BCUT2D eigenvalue weighted by atomic mass is 16.6. The summed E-state index contributed by atoms with van der Waals surface area (Å²) in [6, 6.07) is 2.49. The van der Waals surface area contributed by atoms with Crippen molar-refractivity contribution in [1.82, 2.24) is 0 Å². The number of hydrogen-bond acceptors (Lipinski definition) is 5. The summed E-state index contributed by atoms with van der Waals surface area (Å²) in [6.07, 6.45) is 47.1. The molecule has 0 spiro atoms. The molecule has 1 aromatic rings. The Labute approximate surface area is 338 Å². The van der Waals surface area contributed by atoms with Gasteiger partial charge >= 0.3 is 0 Å². The number of unbranched alkanes of at least 4 members (excludes halogenated alkanes) is 24. The molecule has 2 N–H and O–H groups in total. The minimum absolute atomic E-state index is 0.196. The maximum Gasteiger partial charge on any atom is 0.300 e. The van der Waals surface area contributed by atoms with Gasteiger partial charge in [-0.05, 0) is 25.7 Å². The third kappa shape index (κ3) is 29.8. The van der Waals surface area contributed by atoms with Crippen molar-refractivity contribution in [2.45, 2.75) is 233 Å². The number of nitrogens with two attached hydrogens (primary N) is 1. The minimum Gasteiger partial charge on any atom is -0.387 e. The fourth-order valence-corrected chi connectivity index (χ4v) is 7.17. The summed E-state index contributed by atoms with van der Waals surface area (Å²) in [5.41, 5.74) is 4.55. The molecule has 7 nitrogen and oxygen atoms in total. The minimum atomic E-state index is -0.693. The Kier molecular flexibility index (Phi) is 35.7. The molecule has 55 heavy (non-hydrogen) atoms. The van der Waals surface area contributed by atoms with E-state index in [1.165, 1.54) is 192 Å². The highest BCUT2D eigenvalue weighted by Crippen LogP contribution is 2.32. The van der Waals surface area contributed by atoms with Gasteiger partial charge < -0.3 is 5.73 Å². The molecule has 1 rings (SSSR count). The zero-order valence-corrected chi connectivity index (χ0v) is 36.1. The average Bonchev–Trinajstić information content (AvgIpc) is 3.17. The van der Waals surface area contributed by atoms with E-state index in [2.05, 4.69) is 45.5 Å². The van der Waals surface area contributed by atoms with Gasteiger partial charge in [-0.1, -0.05) is 219 Å². The molecular weight excluding hydrogens is 683 g/mol. The summed E-state index contributed by atoms with van der Waals surface area (Å²) in [5.74, 6) is 10.0. The SMILES string of the molecule is C#CC(CCCCCCCC)CCCCCCCCCC.CCCCCCCCCCC(C#Cc1cc([N+](=O)[O-])c(N)c([N+](=O)[O-])c1)CCCCCCCC. The van der Waals surface area contributed by atoms with Crippen LogP contribution in [0, 0.1) is 56.2 Å².